The topological polar surface area (TPSA) is 53.6 Å². The van der Waals surface area contributed by atoms with Gasteiger partial charge in [0.05, 0.1) is 6.61 Å². The molecule has 0 spiro atoms. The molecule has 1 atom stereocenters. The third kappa shape index (κ3) is 5.52. The number of carbonyl (C=O) groups is 1. The molecule has 0 radical (unpaired) electrons. The minimum Gasteiger partial charge on any atom is -0.382 e. The Kier molecular flexibility index (Phi) is 8.84. The normalized spacial score (nSPS) is 21.4. The summed E-state index contributed by atoms with van der Waals surface area (Å²) in [6.45, 7) is 5.82. The first-order chi connectivity index (χ1) is 10.7. The Morgan fingerprint density at radius 1 is 1.29 bits per heavy atom. The maximum atomic E-state index is 12.4. The zero-order valence-electron chi connectivity index (χ0n) is 14.0. The Bertz CT molecular complexity index is 516. The first kappa shape index (κ1) is 21.0. The maximum Gasteiger partial charge on any atom is 0.253 e. The van der Waals surface area contributed by atoms with Crippen LogP contribution in [0.15, 0.2) is 24.3 Å². The molecule has 5 nitrogen and oxygen atoms in total. The molecular weight excluding hydrogens is 349 g/mol. The summed E-state index contributed by atoms with van der Waals surface area (Å²) in [5.41, 5.74) is 2.43. The van der Waals surface area contributed by atoms with Gasteiger partial charge < -0.3 is 20.3 Å². The highest BCUT2D eigenvalue weighted by Crippen LogP contribution is 2.18. The third-order valence-electron chi connectivity index (χ3n) is 4.40. The number of carbonyl (C=O) groups excluding carboxylic acids is 1. The van der Waals surface area contributed by atoms with Crippen molar-refractivity contribution in [3.8, 4) is 0 Å². The summed E-state index contributed by atoms with van der Waals surface area (Å²) < 4.78 is 5.56. The number of piperidine rings is 1. The fourth-order valence-electron chi connectivity index (χ4n) is 3.14. The van der Waals surface area contributed by atoms with E-state index >= 15 is 0 Å². The van der Waals surface area contributed by atoms with E-state index in [1.54, 1.807) is 0 Å². The minimum atomic E-state index is -0.296. The molecule has 2 aliphatic rings. The molecule has 0 aliphatic carbocycles. The van der Waals surface area contributed by atoms with Gasteiger partial charge in [0.2, 0.25) is 0 Å². The average Bonchev–Trinajstić information content (AvgIpc) is 2.56. The molecule has 1 amide bonds. The summed E-state index contributed by atoms with van der Waals surface area (Å²) in [6.07, 6.45) is 1.68. The van der Waals surface area contributed by atoms with Crippen molar-refractivity contribution in [2.75, 3.05) is 38.1 Å². The summed E-state index contributed by atoms with van der Waals surface area (Å²) in [5.74, 6) is 0.140. The van der Waals surface area contributed by atoms with Crippen molar-refractivity contribution in [2.24, 2.45) is 0 Å². The first-order valence-electron chi connectivity index (χ1n) is 8.17. The molecule has 24 heavy (non-hydrogen) atoms. The fraction of sp³-hybridized carbons (Fsp3) is 0.588. The summed E-state index contributed by atoms with van der Waals surface area (Å²) in [5, 5.41) is 6.80. The highest BCUT2D eigenvalue weighted by Gasteiger charge is 2.29. The van der Waals surface area contributed by atoms with Crippen LogP contribution in [0.3, 0.4) is 0 Å². The molecule has 2 N–H and O–H groups in total. The number of likely N-dealkylation sites (tertiary alicyclic amines) is 1. The fourth-order valence-corrected chi connectivity index (χ4v) is 3.14. The lowest BCUT2D eigenvalue weighted by atomic mass is 10.0. The van der Waals surface area contributed by atoms with Gasteiger partial charge in [-0.15, -0.1) is 24.8 Å². The van der Waals surface area contributed by atoms with Crippen molar-refractivity contribution >= 4 is 36.4 Å². The van der Waals surface area contributed by atoms with E-state index in [-0.39, 0.29) is 36.8 Å². The van der Waals surface area contributed by atoms with Crippen LogP contribution in [0.1, 0.15) is 18.4 Å². The van der Waals surface area contributed by atoms with Gasteiger partial charge in [-0.3, -0.25) is 4.79 Å². The average molecular weight is 376 g/mol. The second kappa shape index (κ2) is 10.1. The van der Waals surface area contributed by atoms with Crippen LogP contribution in [0.2, 0.25) is 0 Å². The molecule has 1 aromatic carbocycles. The molecule has 0 bridgehead atoms. The number of benzene rings is 1. The van der Waals surface area contributed by atoms with Crippen molar-refractivity contribution < 1.29 is 9.53 Å². The van der Waals surface area contributed by atoms with Crippen LogP contribution in [0.5, 0.6) is 0 Å². The molecule has 3 rings (SSSR count). The molecule has 1 aromatic rings. The van der Waals surface area contributed by atoms with E-state index in [1.807, 2.05) is 4.90 Å². The summed E-state index contributed by atoms with van der Waals surface area (Å²) in [4.78, 5) is 14.4. The molecule has 1 unspecified atom stereocenters. The Hall–Kier alpha value is -1.01. The van der Waals surface area contributed by atoms with Gasteiger partial charge in [-0.25, -0.2) is 0 Å². The maximum absolute atomic E-state index is 12.4. The Balaban J connectivity index is 0.00000144. The zero-order chi connectivity index (χ0) is 15.4. The molecule has 0 saturated carbocycles. The van der Waals surface area contributed by atoms with Crippen molar-refractivity contribution in [3.05, 3.63) is 29.8 Å². The van der Waals surface area contributed by atoms with E-state index in [2.05, 4.69) is 41.8 Å². The molecule has 7 heteroatoms. The quantitative estimate of drug-likeness (QED) is 0.850. The van der Waals surface area contributed by atoms with Crippen molar-refractivity contribution in [3.63, 3.8) is 0 Å². The monoisotopic (exact) mass is 375 g/mol. The lowest BCUT2D eigenvalue weighted by molar-refractivity contribution is -0.146. The zero-order valence-corrected chi connectivity index (χ0v) is 15.6. The van der Waals surface area contributed by atoms with E-state index in [0.29, 0.717) is 19.2 Å². The molecule has 0 aromatic heterocycles. The van der Waals surface area contributed by atoms with Gasteiger partial charge in [0.25, 0.3) is 5.91 Å². The smallest absolute Gasteiger partial charge is 0.253 e. The Morgan fingerprint density at radius 3 is 2.67 bits per heavy atom. The SMILES string of the molecule is Cc1cccc(NC2CCN(C(=O)C3CNCCO3)CC2)c1.Cl.Cl. The lowest BCUT2D eigenvalue weighted by Crippen LogP contribution is -2.52. The van der Waals surface area contributed by atoms with Crippen LogP contribution in [-0.2, 0) is 9.53 Å². The number of rotatable bonds is 3. The van der Waals surface area contributed by atoms with Crippen LogP contribution < -0.4 is 10.6 Å². The van der Waals surface area contributed by atoms with Gasteiger partial charge in [-0.1, -0.05) is 12.1 Å². The largest absolute Gasteiger partial charge is 0.382 e. The first-order valence-corrected chi connectivity index (χ1v) is 8.17. The van der Waals surface area contributed by atoms with Crippen molar-refractivity contribution in [2.45, 2.75) is 31.9 Å². The van der Waals surface area contributed by atoms with Crippen molar-refractivity contribution in [1.82, 2.24) is 10.2 Å². The lowest BCUT2D eigenvalue weighted by Gasteiger charge is -2.35. The van der Waals surface area contributed by atoms with Gasteiger partial charge in [0.15, 0.2) is 0 Å². The minimum absolute atomic E-state index is 0. The predicted octanol–water partition coefficient (Wildman–Crippen LogP) is 2.23. The van der Waals surface area contributed by atoms with E-state index in [0.717, 1.165) is 32.5 Å². The van der Waals surface area contributed by atoms with Gasteiger partial charge in [-0.05, 0) is 37.5 Å². The number of amides is 1. The number of hydrogen-bond acceptors (Lipinski definition) is 4. The summed E-state index contributed by atoms with van der Waals surface area (Å²) >= 11 is 0. The van der Waals surface area contributed by atoms with Gasteiger partial charge in [-0.2, -0.15) is 0 Å². The highest BCUT2D eigenvalue weighted by molar-refractivity contribution is 5.85. The predicted molar refractivity (Wildman–Crippen MR) is 102 cm³/mol. The number of aryl methyl sites for hydroxylation is 1. The van der Waals surface area contributed by atoms with Crippen LogP contribution in [0.4, 0.5) is 5.69 Å². The Labute approximate surface area is 156 Å². The van der Waals surface area contributed by atoms with Crippen LogP contribution >= 0.6 is 24.8 Å². The van der Waals surface area contributed by atoms with Crippen molar-refractivity contribution in [1.29, 1.82) is 0 Å². The number of nitrogens with zero attached hydrogens (tertiary/aromatic N) is 1. The second-order valence-electron chi connectivity index (χ2n) is 6.18. The molecule has 2 heterocycles. The number of morpholine rings is 1. The standard InChI is InChI=1S/C17H25N3O2.2ClH/c1-13-3-2-4-15(11-13)19-14-5-8-20(9-6-14)17(21)16-12-18-7-10-22-16;;/h2-4,11,14,16,18-19H,5-10,12H2,1H3;2*1H. The van der Waals surface area contributed by atoms with Crippen LogP contribution in [0.25, 0.3) is 0 Å². The number of anilines is 1. The molecule has 2 saturated heterocycles. The number of halogens is 2. The number of hydrogen-bond donors (Lipinski definition) is 2. The summed E-state index contributed by atoms with van der Waals surface area (Å²) in [6, 6.07) is 8.88. The highest BCUT2D eigenvalue weighted by atomic mass is 35.5. The molecule has 2 aliphatic heterocycles. The van der Waals surface area contributed by atoms with Crippen LogP contribution in [0, 0.1) is 6.92 Å². The third-order valence-corrected chi connectivity index (χ3v) is 4.40. The van der Waals surface area contributed by atoms with Gasteiger partial charge in [0.1, 0.15) is 6.10 Å². The Morgan fingerprint density at radius 2 is 2.04 bits per heavy atom. The molecule has 2 fully saturated rings. The second-order valence-corrected chi connectivity index (χ2v) is 6.18. The van der Waals surface area contributed by atoms with E-state index in [1.165, 1.54) is 11.3 Å². The van der Waals surface area contributed by atoms with E-state index in [9.17, 15) is 4.79 Å². The molecule has 136 valence electrons. The van der Waals surface area contributed by atoms with Gasteiger partial charge >= 0.3 is 0 Å². The number of ether oxygens (including phenoxy) is 1. The van der Waals surface area contributed by atoms with E-state index < -0.39 is 0 Å². The number of nitrogens with one attached hydrogen (secondary N) is 2. The van der Waals surface area contributed by atoms with E-state index in [4.69, 9.17) is 4.74 Å². The van der Waals surface area contributed by atoms with Crippen LogP contribution in [-0.4, -0.2) is 55.7 Å². The summed E-state index contributed by atoms with van der Waals surface area (Å²) in [7, 11) is 0. The van der Waals surface area contributed by atoms with Gasteiger partial charge in [0, 0.05) is 37.9 Å². The molecular formula is C17H27Cl2N3O2.